The van der Waals surface area contributed by atoms with Crippen LogP contribution in [0.2, 0.25) is 0 Å². The number of aromatic nitrogens is 2. The lowest BCUT2D eigenvalue weighted by molar-refractivity contribution is -0.137. The summed E-state index contributed by atoms with van der Waals surface area (Å²) >= 11 is 0. The van der Waals surface area contributed by atoms with Gasteiger partial charge in [0.05, 0.1) is 17.6 Å². The van der Waals surface area contributed by atoms with Crippen LogP contribution in [0.3, 0.4) is 0 Å². The Balaban J connectivity index is 2.17. The van der Waals surface area contributed by atoms with Crippen LogP contribution in [0.25, 0.3) is 11.0 Å². The predicted octanol–water partition coefficient (Wildman–Crippen LogP) is 3.95. The molecule has 3 rings (SSSR count). The normalized spacial score (nSPS) is 11.6. The number of alkyl halides is 3. The molecule has 0 amide bonds. The number of hydrogen-bond donors (Lipinski definition) is 0. The summed E-state index contributed by atoms with van der Waals surface area (Å²) in [6.45, 7) is 3.45. The molecule has 0 aliphatic heterocycles. The van der Waals surface area contributed by atoms with Crippen molar-refractivity contribution in [2.24, 2.45) is 0 Å². The van der Waals surface area contributed by atoms with Gasteiger partial charge in [-0.05, 0) is 43.7 Å². The quantitative estimate of drug-likeness (QED) is 0.633. The van der Waals surface area contributed by atoms with E-state index in [0.29, 0.717) is 11.3 Å². The SMILES string of the molecule is CCOC(=O)c1cn(Cc2cccc(C(F)(F)F)c2)c2nc(C)ccc2c1=O. The Morgan fingerprint density at radius 3 is 2.64 bits per heavy atom. The third-order valence-electron chi connectivity index (χ3n) is 4.16. The summed E-state index contributed by atoms with van der Waals surface area (Å²) in [5.41, 5.74) is -0.208. The maximum absolute atomic E-state index is 13.0. The molecule has 5 nitrogen and oxygen atoms in total. The summed E-state index contributed by atoms with van der Waals surface area (Å²) < 4.78 is 45.4. The average Bonchev–Trinajstić information content (AvgIpc) is 2.63. The molecule has 0 radical (unpaired) electrons. The van der Waals surface area contributed by atoms with Gasteiger partial charge < -0.3 is 9.30 Å². The zero-order chi connectivity index (χ0) is 20.5. The Bertz CT molecular complexity index is 1100. The Hall–Kier alpha value is -3.16. The monoisotopic (exact) mass is 390 g/mol. The lowest BCUT2D eigenvalue weighted by atomic mass is 10.1. The maximum Gasteiger partial charge on any atom is 0.416 e. The Morgan fingerprint density at radius 1 is 1.21 bits per heavy atom. The number of pyridine rings is 2. The fraction of sp³-hybridized carbons (Fsp3) is 0.250. The molecule has 2 aromatic heterocycles. The highest BCUT2D eigenvalue weighted by Crippen LogP contribution is 2.29. The summed E-state index contributed by atoms with van der Waals surface area (Å²) in [5.74, 6) is -0.784. The van der Waals surface area contributed by atoms with E-state index in [-0.39, 0.29) is 29.7 Å². The molecule has 0 spiro atoms. The summed E-state index contributed by atoms with van der Waals surface area (Å²) in [7, 11) is 0. The van der Waals surface area contributed by atoms with Crippen molar-refractivity contribution in [2.45, 2.75) is 26.6 Å². The largest absolute Gasteiger partial charge is 0.462 e. The molecule has 0 aliphatic carbocycles. The molecule has 146 valence electrons. The summed E-state index contributed by atoms with van der Waals surface area (Å²) in [4.78, 5) is 29.1. The van der Waals surface area contributed by atoms with Gasteiger partial charge in [0.15, 0.2) is 0 Å². The number of esters is 1. The molecule has 8 heteroatoms. The van der Waals surface area contributed by atoms with Gasteiger partial charge in [-0.1, -0.05) is 12.1 Å². The average molecular weight is 390 g/mol. The second kappa shape index (κ2) is 7.46. The van der Waals surface area contributed by atoms with Gasteiger partial charge in [0, 0.05) is 18.4 Å². The Labute approximate surface area is 158 Å². The maximum atomic E-state index is 13.0. The van der Waals surface area contributed by atoms with Crippen molar-refractivity contribution in [1.29, 1.82) is 0 Å². The number of carbonyl (C=O) groups excluding carboxylic acids is 1. The smallest absolute Gasteiger partial charge is 0.416 e. The van der Waals surface area contributed by atoms with Gasteiger partial charge in [-0.3, -0.25) is 4.79 Å². The van der Waals surface area contributed by atoms with E-state index in [4.69, 9.17) is 4.74 Å². The molecule has 0 saturated carbocycles. The summed E-state index contributed by atoms with van der Waals surface area (Å²) in [6.07, 6.45) is -3.18. The molecule has 0 fully saturated rings. The van der Waals surface area contributed by atoms with Gasteiger partial charge in [-0.15, -0.1) is 0 Å². The van der Waals surface area contributed by atoms with E-state index < -0.39 is 23.1 Å². The first-order valence-electron chi connectivity index (χ1n) is 8.54. The van der Waals surface area contributed by atoms with Crippen molar-refractivity contribution in [1.82, 2.24) is 9.55 Å². The Morgan fingerprint density at radius 2 is 1.96 bits per heavy atom. The van der Waals surface area contributed by atoms with Crippen LogP contribution in [-0.4, -0.2) is 22.1 Å². The molecule has 3 aromatic rings. The highest BCUT2D eigenvalue weighted by Gasteiger charge is 2.30. The fourth-order valence-corrected chi connectivity index (χ4v) is 2.88. The van der Waals surface area contributed by atoms with Crippen molar-refractivity contribution in [3.63, 3.8) is 0 Å². The third kappa shape index (κ3) is 3.90. The predicted molar refractivity (Wildman–Crippen MR) is 97.2 cm³/mol. The van der Waals surface area contributed by atoms with Crippen LogP contribution in [0, 0.1) is 6.92 Å². The van der Waals surface area contributed by atoms with E-state index in [9.17, 15) is 22.8 Å². The number of carbonyl (C=O) groups is 1. The van der Waals surface area contributed by atoms with E-state index in [1.807, 2.05) is 0 Å². The third-order valence-corrected chi connectivity index (χ3v) is 4.16. The van der Waals surface area contributed by atoms with Crippen LogP contribution in [0.15, 0.2) is 47.4 Å². The molecule has 0 atom stereocenters. The number of ether oxygens (including phenoxy) is 1. The first-order valence-corrected chi connectivity index (χ1v) is 8.54. The van der Waals surface area contributed by atoms with Gasteiger partial charge in [0.25, 0.3) is 0 Å². The first kappa shape index (κ1) is 19.6. The van der Waals surface area contributed by atoms with Crippen molar-refractivity contribution >= 4 is 17.0 Å². The molecule has 2 heterocycles. The number of aryl methyl sites for hydroxylation is 1. The van der Waals surface area contributed by atoms with Gasteiger partial charge in [0.1, 0.15) is 11.2 Å². The van der Waals surface area contributed by atoms with Crippen LogP contribution in [-0.2, 0) is 17.5 Å². The lowest BCUT2D eigenvalue weighted by Gasteiger charge is -2.14. The van der Waals surface area contributed by atoms with E-state index in [2.05, 4.69) is 4.98 Å². The van der Waals surface area contributed by atoms with Crippen molar-refractivity contribution < 1.29 is 22.7 Å². The van der Waals surface area contributed by atoms with E-state index in [0.717, 1.165) is 12.1 Å². The van der Waals surface area contributed by atoms with Crippen LogP contribution in [0.5, 0.6) is 0 Å². The molecular weight excluding hydrogens is 373 g/mol. The molecule has 0 saturated heterocycles. The minimum atomic E-state index is -4.47. The topological polar surface area (TPSA) is 61.2 Å². The number of benzene rings is 1. The zero-order valence-electron chi connectivity index (χ0n) is 15.2. The van der Waals surface area contributed by atoms with Crippen molar-refractivity contribution in [3.8, 4) is 0 Å². The van der Waals surface area contributed by atoms with E-state index >= 15 is 0 Å². The molecule has 0 unspecified atom stereocenters. The number of hydrogen-bond acceptors (Lipinski definition) is 4. The van der Waals surface area contributed by atoms with Gasteiger partial charge >= 0.3 is 12.1 Å². The van der Waals surface area contributed by atoms with Crippen molar-refractivity contribution in [3.05, 3.63) is 75.2 Å². The summed E-state index contributed by atoms with van der Waals surface area (Å²) in [5, 5.41) is 0.197. The number of rotatable bonds is 4. The van der Waals surface area contributed by atoms with E-state index in [1.165, 1.54) is 16.8 Å². The minimum Gasteiger partial charge on any atom is -0.462 e. The molecule has 0 bridgehead atoms. The Kier molecular flexibility index (Phi) is 5.22. The van der Waals surface area contributed by atoms with Crippen LogP contribution in [0.4, 0.5) is 13.2 Å². The standard InChI is InChI=1S/C20H17F3N2O3/c1-3-28-19(27)16-11-25(18-15(17(16)26)8-7-12(2)24-18)10-13-5-4-6-14(9-13)20(21,22)23/h4-9,11H,3,10H2,1-2H3. The van der Waals surface area contributed by atoms with E-state index in [1.54, 1.807) is 32.0 Å². The molecule has 0 aliphatic rings. The highest BCUT2D eigenvalue weighted by atomic mass is 19.4. The van der Waals surface area contributed by atoms with Gasteiger partial charge in [-0.2, -0.15) is 13.2 Å². The second-order valence-electron chi connectivity index (χ2n) is 6.24. The highest BCUT2D eigenvalue weighted by molar-refractivity contribution is 5.93. The molecule has 1 aromatic carbocycles. The lowest BCUT2D eigenvalue weighted by Crippen LogP contribution is -2.22. The first-order chi connectivity index (χ1) is 13.2. The second-order valence-corrected chi connectivity index (χ2v) is 6.24. The van der Waals surface area contributed by atoms with Gasteiger partial charge in [-0.25, -0.2) is 9.78 Å². The zero-order valence-corrected chi connectivity index (χ0v) is 15.2. The number of nitrogens with zero attached hydrogens (tertiary/aromatic N) is 2. The van der Waals surface area contributed by atoms with Gasteiger partial charge in [0.2, 0.25) is 5.43 Å². The van der Waals surface area contributed by atoms with Crippen molar-refractivity contribution in [2.75, 3.05) is 6.61 Å². The van der Waals surface area contributed by atoms with Crippen LogP contribution < -0.4 is 5.43 Å². The number of fused-ring (bicyclic) bond motifs is 1. The fourth-order valence-electron chi connectivity index (χ4n) is 2.88. The number of halogens is 3. The van der Waals surface area contributed by atoms with Crippen LogP contribution >= 0.6 is 0 Å². The van der Waals surface area contributed by atoms with Crippen LogP contribution in [0.1, 0.15) is 34.1 Å². The molecule has 28 heavy (non-hydrogen) atoms. The minimum absolute atomic E-state index is 0.00353. The summed E-state index contributed by atoms with van der Waals surface area (Å²) in [6, 6.07) is 8.05. The molecular formula is C20H17F3N2O3. The molecule has 0 N–H and O–H groups in total.